The van der Waals surface area contributed by atoms with E-state index in [0.717, 1.165) is 5.56 Å². The molecule has 2 aromatic carbocycles. The average molecular weight is 402 g/mol. The molecule has 1 amide bonds. The minimum Gasteiger partial charge on any atom is -0.445 e. The number of ether oxygens (including phenoxy) is 1. The van der Waals surface area contributed by atoms with Crippen LogP contribution in [0.3, 0.4) is 0 Å². The third-order valence-corrected chi connectivity index (χ3v) is 4.18. The number of alkyl carbamates (subject to hydrolysis) is 1. The number of hydrogen-bond acceptors (Lipinski definition) is 4. The minimum absolute atomic E-state index is 0.0498. The van der Waals surface area contributed by atoms with Crippen molar-refractivity contribution in [3.05, 3.63) is 69.5 Å². The maximum Gasteiger partial charge on any atom is 0.407 e. The molecule has 0 fully saturated rings. The molecule has 0 saturated carbocycles. The van der Waals surface area contributed by atoms with Gasteiger partial charge in [0.1, 0.15) is 12.7 Å². The molecule has 2 atom stereocenters. The number of nitrogens with one attached hydrogen (secondary N) is 1. The first-order chi connectivity index (χ1) is 12.4. The Morgan fingerprint density at radius 1 is 1.15 bits per heavy atom. The number of carbonyl (C=O) groups excluding carboxylic acids is 1. The fourth-order valence-corrected chi connectivity index (χ4v) is 2.73. The number of aliphatic hydroxyl groups excluding tert-OH is 2. The van der Waals surface area contributed by atoms with Gasteiger partial charge in [-0.3, -0.25) is 0 Å². The third kappa shape index (κ3) is 5.85. The lowest BCUT2D eigenvalue weighted by molar-refractivity contribution is 0.0136. The zero-order chi connectivity index (χ0) is 19.1. The molecule has 0 radical (unpaired) electrons. The van der Waals surface area contributed by atoms with Gasteiger partial charge in [-0.1, -0.05) is 53.5 Å². The summed E-state index contributed by atoms with van der Waals surface area (Å²) in [5, 5.41) is 22.1. The fraction of sp³-hybridized carbons (Fsp3) is 0.278. The number of hydrogen-bond donors (Lipinski definition) is 3. The molecule has 0 aromatic heterocycles. The Balaban J connectivity index is 1.77. The van der Waals surface area contributed by atoms with E-state index >= 15 is 0 Å². The van der Waals surface area contributed by atoms with Crippen LogP contribution in [0, 0.1) is 5.82 Å². The minimum atomic E-state index is -1.33. The topological polar surface area (TPSA) is 78.8 Å². The van der Waals surface area contributed by atoms with Crippen LogP contribution in [-0.2, 0) is 11.3 Å². The second kappa shape index (κ2) is 9.73. The molecule has 0 saturated heterocycles. The molecule has 3 N–H and O–H groups in total. The lowest BCUT2D eigenvalue weighted by atomic mass is 10.0. The lowest BCUT2D eigenvalue weighted by Crippen LogP contribution is -2.29. The highest BCUT2D eigenvalue weighted by Gasteiger charge is 2.21. The Hall–Kier alpha value is -1.86. The first-order valence-electron chi connectivity index (χ1n) is 7.83. The van der Waals surface area contributed by atoms with Gasteiger partial charge < -0.3 is 20.3 Å². The van der Waals surface area contributed by atoms with E-state index in [-0.39, 0.29) is 35.2 Å². The smallest absolute Gasteiger partial charge is 0.407 e. The quantitative estimate of drug-likeness (QED) is 0.615. The van der Waals surface area contributed by atoms with Gasteiger partial charge in [0.25, 0.3) is 0 Å². The van der Waals surface area contributed by atoms with Crippen LogP contribution in [0.5, 0.6) is 0 Å². The van der Waals surface area contributed by atoms with Gasteiger partial charge in [0.15, 0.2) is 5.82 Å². The van der Waals surface area contributed by atoms with E-state index in [1.54, 1.807) is 0 Å². The molecular formula is C18H18Cl2FNO4. The van der Waals surface area contributed by atoms with Crippen molar-refractivity contribution in [3.8, 4) is 0 Å². The van der Waals surface area contributed by atoms with E-state index in [2.05, 4.69) is 5.32 Å². The number of aliphatic hydroxyl groups is 2. The van der Waals surface area contributed by atoms with E-state index in [4.69, 9.17) is 27.9 Å². The highest BCUT2D eigenvalue weighted by molar-refractivity contribution is 6.35. The molecule has 0 aliphatic heterocycles. The van der Waals surface area contributed by atoms with Gasteiger partial charge in [0.05, 0.1) is 16.1 Å². The van der Waals surface area contributed by atoms with Crippen molar-refractivity contribution in [2.45, 2.75) is 25.2 Å². The molecule has 2 unspecified atom stereocenters. The number of carbonyl (C=O) groups is 1. The summed E-state index contributed by atoms with van der Waals surface area (Å²) in [5.74, 6) is -0.790. The van der Waals surface area contributed by atoms with Crippen molar-refractivity contribution in [3.63, 3.8) is 0 Å². The number of rotatable bonds is 7. The summed E-state index contributed by atoms with van der Waals surface area (Å²) >= 11 is 11.3. The van der Waals surface area contributed by atoms with E-state index in [1.165, 1.54) is 12.1 Å². The van der Waals surface area contributed by atoms with Gasteiger partial charge >= 0.3 is 6.09 Å². The molecule has 5 nitrogen and oxygen atoms in total. The van der Waals surface area contributed by atoms with Crippen molar-refractivity contribution in [2.24, 2.45) is 0 Å². The Labute approximate surface area is 160 Å². The predicted octanol–water partition coefficient (Wildman–Crippen LogP) is 3.84. The van der Waals surface area contributed by atoms with Crippen LogP contribution in [0.4, 0.5) is 9.18 Å². The summed E-state index contributed by atoms with van der Waals surface area (Å²) in [6, 6.07) is 11.6. The molecule has 0 heterocycles. The summed E-state index contributed by atoms with van der Waals surface area (Å²) in [4.78, 5) is 11.6. The zero-order valence-corrected chi connectivity index (χ0v) is 15.2. The fourth-order valence-electron chi connectivity index (χ4n) is 2.22. The molecule has 8 heteroatoms. The molecule has 2 aromatic rings. The molecule has 0 spiro atoms. The largest absolute Gasteiger partial charge is 0.445 e. The molecule has 140 valence electrons. The van der Waals surface area contributed by atoms with Crippen molar-refractivity contribution < 1.29 is 24.1 Å². The highest BCUT2D eigenvalue weighted by Crippen LogP contribution is 2.29. The van der Waals surface area contributed by atoms with Crippen LogP contribution < -0.4 is 5.32 Å². The number of amides is 1. The standard InChI is InChI=1S/C18H18Cl2FNO4/c19-13-8-12(9-14(20)16(13)21)17(24)15(23)6-7-22-18(25)26-10-11-4-2-1-3-5-11/h1-5,8-9,15,17,23-24H,6-7,10H2,(H,22,25). The Bertz CT molecular complexity index is 722. The van der Waals surface area contributed by atoms with Crippen LogP contribution >= 0.6 is 23.2 Å². The van der Waals surface area contributed by atoms with Crippen LogP contribution in [0.2, 0.25) is 10.0 Å². The van der Waals surface area contributed by atoms with Crippen molar-refractivity contribution in [1.29, 1.82) is 0 Å². The number of halogens is 3. The monoisotopic (exact) mass is 401 g/mol. The van der Waals surface area contributed by atoms with E-state index < -0.39 is 24.1 Å². The molecule has 0 aliphatic carbocycles. The summed E-state index contributed by atoms with van der Waals surface area (Å²) in [7, 11) is 0. The normalized spacial score (nSPS) is 13.1. The van der Waals surface area contributed by atoms with Gasteiger partial charge in [-0.25, -0.2) is 9.18 Å². The molecule has 0 bridgehead atoms. The van der Waals surface area contributed by atoms with Crippen molar-refractivity contribution in [2.75, 3.05) is 6.54 Å². The first-order valence-corrected chi connectivity index (χ1v) is 8.59. The second-order valence-corrected chi connectivity index (χ2v) is 6.40. The maximum absolute atomic E-state index is 13.4. The number of benzene rings is 2. The second-order valence-electron chi connectivity index (χ2n) is 5.59. The van der Waals surface area contributed by atoms with Crippen molar-refractivity contribution >= 4 is 29.3 Å². The summed E-state index contributed by atoms with van der Waals surface area (Å²) in [5.41, 5.74) is 1.03. The Kier molecular flexibility index (Phi) is 7.66. The third-order valence-electron chi connectivity index (χ3n) is 3.63. The lowest BCUT2D eigenvalue weighted by Gasteiger charge is -2.19. The van der Waals surface area contributed by atoms with Crippen molar-refractivity contribution in [1.82, 2.24) is 5.32 Å². The predicted molar refractivity (Wildman–Crippen MR) is 96.6 cm³/mol. The summed E-state index contributed by atoms with van der Waals surface area (Å²) in [6.45, 7) is 0.207. The van der Waals surface area contributed by atoms with E-state index in [1.807, 2.05) is 30.3 Å². The first kappa shape index (κ1) is 20.5. The Morgan fingerprint density at radius 3 is 2.38 bits per heavy atom. The van der Waals surface area contributed by atoms with E-state index in [9.17, 15) is 19.4 Å². The highest BCUT2D eigenvalue weighted by atomic mass is 35.5. The summed E-state index contributed by atoms with van der Waals surface area (Å²) < 4.78 is 18.4. The maximum atomic E-state index is 13.4. The van der Waals surface area contributed by atoms with Crippen LogP contribution in [-0.4, -0.2) is 29.0 Å². The van der Waals surface area contributed by atoms with Gasteiger partial charge in [0, 0.05) is 6.54 Å². The Morgan fingerprint density at radius 2 is 1.77 bits per heavy atom. The van der Waals surface area contributed by atoms with Crippen LogP contribution in [0.1, 0.15) is 23.7 Å². The summed E-state index contributed by atoms with van der Waals surface area (Å²) in [6.07, 6.45) is -3.12. The van der Waals surface area contributed by atoms with Crippen LogP contribution in [0.15, 0.2) is 42.5 Å². The van der Waals surface area contributed by atoms with Gasteiger partial charge in [0.2, 0.25) is 0 Å². The SMILES string of the molecule is O=C(NCCC(O)C(O)c1cc(Cl)c(F)c(Cl)c1)OCc1ccccc1. The van der Waals surface area contributed by atoms with Gasteiger partial charge in [-0.2, -0.15) is 0 Å². The van der Waals surface area contributed by atoms with Gasteiger partial charge in [-0.05, 0) is 29.7 Å². The van der Waals surface area contributed by atoms with E-state index in [0.29, 0.717) is 0 Å². The van der Waals surface area contributed by atoms with Crippen LogP contribution in [0.25, 0.3) is 0 Å². The molecule has 26 heavy (non-hydrogen) atoms. The molecule has 0 aliphatic rings. The molecule has 2 rings (SSSR count). The van der Waals surface area contributed by atoms with Gasteiger partial charge in [-0.15, -0.1) is 0 Å². The average Bonchev–Trinajstić information content (AvgIpc) is 2.64. The molecular weight excluding hydrogens is 384 g/mol. The zero-order valence-electron chi connectivity index (χ0n) is 13.7.